The highest BCUT2D eigenvalue weighted by atomic mass is 32.2. The van der Waals surface area contributed by atoms with Crippen LogP contribution in [0.15, 0.2) is 41.3 Å². The molecule has 2 aromatic rings. The van der Waals surface area contributed by atoms with E-state index in [1.165, 1.54) is 25.9 Å². The van der Waals surface area contributed by atoms with Crippen molar-refractivity contribution in [3.63, 3.8) is 0 Å². The van der Waals surface area contributed by atoms with Crippen LogP contribution in [0.3, 0.4) is 0 Å². The SMILES string of the molecule is O=C1c2cc(N3CCN4CCC3CC4)ccc2-c2cccc(SF)c21. The fraction of sp³-hybridized carbons (Fsp3) is 0.350. The third-order valence-corrected chi connectivity index (χ3v) is 6.37. The lowest BCUT2D eigenvalue weighted by Gasteiger charge is -2.33. The molecule has 3 nitrogen and oxygen atoms in total. The van der Waals surface area contributed by atoms with E-state index in [2.05, 4.69) is 15.9 Å². The number of piperidine rings is 1. The Labute approximate surface area is 151 Å². The summed E-state index contributed by atoms with van der Waals surface area (Å²) in [6, 6.07) is 12.2. The van der Waals surface area contributed by atoms with E-state index in [9.17, 15) is 8.68 Å². The van der Waals surface area contributed by atoms with Gasteiger partial charge < -0.3 is 9.80 Å². The van der Waals surface area contributed by atoms with Crippen molar-refractivity contribution in [2.45, 2.75) is 23.8 Å². The summed E-state index contributed by atoms with van der Waals surface area (Å²) in [6.45, 7) is 4.45. The van der Waals surface area contributed by atoms with Crippen molar-refractivity contribution in [1.29, 1.82) is 0 Å². The van der Waals surface area contributed by atoms with Crippen LogP contribution in [0.25, 0.3) is 11.1 Å². The summed E-state index contributed by atoms with van der Waals surface area (Å²) in [4.78, 5) is 18.3. The number of carbonyl (C=O) groups is 1. The summed E-state index contributed by atoms with van der Waals surface area (Å²) >= 11 is 0.156. The first kappa shape index (κ1) is 15.4. The van der Waals surface area contributed by atoms with Crippen molar-refractivity contribution in [3.05, 3.63) is 47.5 Å². The lowest BCUT2D eigenvalue weighted by atomic mass is 10.0. The minimum absolute atomic E-state index is 0.0459. The summed E-state index contributed by atoms with van der Waals surface area (Å²) in [5.74, 6) is -0.0459. The number of halogens is 1. The van der Waals surface area contributed by atoms with Gasteiger partial charge >= 0.3 is 0 Å². The summed E-state index contributed by atoms with van der Waals surface area (Å²) in [6.07, 6.45) is 2.38. The van der Waals surface area contributed by atoms with Gasteiger partial charge in [0.2, 0.25) is 0 Å². The molecule has 3 aliphatic heterocycles. The largest absolute Gasteiger partial charge is 0.367 e. The van der Waals surface area contributed by atoms with Crippen LogP contribution < -0.4 is 4.90 Å². The number of benzene rings is 2. The monoisotopic (exact) mass is 354 g/mol. The maximum atomic E-state index is 13.2. The lowest BCUT2D eigenvalue weighted by Crippen LogP contribution is -2.37. The van der Waals surface area contributed by atoms with Crippen molar-refractivity contribution in [2.24, 2.45) is 0 Å². The molecule has 2 bridgehead atoms. The standard InChI is InChI=1S/C20H19FN2OS/c21-25-18-3-1-2-16-15-5-4-14(12-17(15)20(24)19(16)18)23-11-10-22-8-6-13(23)7-9-22/h1-5,12-13H,6-11H2. The number of nitrogens with zero attached hydrogens (tertiary/aromatic N) is 2. The molecule has 5 heteroatoms. The van der Waals surface area contributed by atoms with E-state index < -0.39 is 0 Å². The Morgan fingerprint density at radius 1 is 0.960 bits per heavy atom. The van der Waals surface area contributed by atoms with Crippen LogP contribution in [0, 0.1) is 0 Å². The third-order valence-electron chi connectivity index (χ3n) is 5.86. The van der Waals surface area contributed by atoms with Crippen LogP contribution in [-0.4, -0.2) is 42.9 Å². The van der Waals surface area contributed by atoms with Crippen molar-refractivity contribution in [2.75, 3.05) is 31.1 Å². The molecule has 3 saturated heterocycles. The zero-order valence-electron chi connectivity index (χ0n) is 13.9. The zero-order chi connectivity index (χ0) is 17.0. The predicted molar refractivity (Wildman–Crippen MR) is 99.1 cm³/mol. The number of fused-ring (bicyclic) bond motifs is 7. The Hall–Kier alpha value is -1.85. The number of carbonyl (C=O) groups excluding carboxylic acids is 1. The number of anilines is 1. The van der Waals surface area contributed by atoms with Crippen LogP contribution in [-0.2, 0) is 0 Å². The Morgan fingerprint density at radius 3 is 2.60 bits per heavy atom. The van der Waals surface area contributed by atoms with Crippen LogP contribution in [0.2, 0.25) is 0 Å². The van der Waals surface area contributed by atoms with E-state index in [0.29, 0.717) is 22.1 Å². The van der Waals surface area contributed by atoms with Crippen molar-refractivity contribution in [3.8, 4) is 11.1 Å². The fourth-order valence-corrected chi connectivity index (χ4v) is 4.96. The Bertz CT molecular complexity index is 861. The molecule has 0 aromatic heterocycles. The average Bonchev–Trinajstić information content (AvgIpc) is 2.83. The van der Waals surface area contributed by atoms with Gasteiger partial charge in [-0.05, 0) is 42.2 Å². The smallest absolute Gasteiger partial charge is 0.195 e. The van der Waals surface area contributed by atoms with Gasteiger partial charge in [-0.15, -0.1) is 0 Å². The second-order valence-corrected chi connectivity index (χ2v) is 7.68. The van der Waals surface area contributed by atoms with Crippen LogP contribution in [0.1, 0.15) is 28.8 Å². The molecule has 0 atom stereocenters. The normalized spacial score (nSPS) is 24.2. The molecule has 0 spiro atoms. The molecule has 0 saturated carbocycles. The van der Waals surface area contributed by atoms with Crippen molar-refractivity contribution >= 4 is 23.6 Å². The highest BCUT2D eigenvalue weighted by Gasteiger charge is 2.33. The summed E-state index contributed by atoms with van der Waals surface area (Å²) < 4.78 is 13.2. The van der Waals surface area contributed by atoms with Crippen LogP contribution in [0.5, 0.6) is 0 Å². The van der Waals surface area contributed by atoms with Gasteiger partial charge in [0.1, 0.15) is 0 Å². The first-order chi connectivity index (χ1) is 12.3. The number of rotatable bonds is 2. The first-order valence-electron chi connectivity index (χ1n) is 8.86. The summed E-state index contributed by atoms with van der Waals surface area (Å²) in [5, 5.41) is 0. The molecular formula is C20H19FN2OS. The molecule has 0 amide bonds. The minimum atomic E-state index is -0.0459. The number of hydrogen-bond donors (Lipinski definition) is 0. The van der Waals surface area contributed by atoms with Gasteiger partial charge in [0.15, 0.2) is 5.78 Å². The van der Waals surface area contributed by atoms with Crippen LogP contribution in [0.4, 0.5) is 9.57 Å². The molecule has 3 fully saturated rings. The first-order valence-corrected chi connectivity index (χ1v) is 9.57. The molecular weight excluding hydrogens is 335 g/mol. The highest BCUT2D eigenvalue weighted by molar-refractivity contribution is 7.94. The van der Waals surface area contributed by atoms with Gasteiger partial charge in [-0.25, -0.2) is 0 Å². The Balaban J connectivity index is 1.57. The number of hydrogen-bond acceptors (Lipinski definition) is 4. The van der Waals surface area contributed by atoms with Crippen molar-refractivity contribution < 1.29 is 8.68 Å². The molecule has 0 unspecified atom stereocenters. The van der Waals surface area contributed by atoms with E-state index in [-0.39, 0.29) is 17.9 Å². The molecule has 2 aromatic carbocycles. The van der Waals surface area contributed by atoms with Gasteiger partial charge in [-0.3, -0.25) is 4.79 Å². The number of ketones is 1. The fourth-order valence-electron chi connectivity index (χ4n) is 4.55. The third kappa shape index (κ3) is 2.33. The van der Waals surface area contributed by atoms with Gasteiger partial charge in [0, 0.05) is 49.0 Å². The molecule has 0 radical (unpaired) electrons. The second kappa shape index (κ2) is 5.85. The Kier molecular flexibility index (Phi) is 3.61. The molecule has 25 heavy (non-hydrogen) atoms. The van der Waals surface area contributed by atoms with E-state index in [0.717, 1.165) is 29.9 Å². The minimum Gasteiger partial charge on any atom is -0.367 e. The second-order valence-electron chi connectivity index (χ2n) is 7.08. The maximum Gasteiger partial charge on any atom is 0.195 e. The summed E-state index contributed by atoms with van der Waals surface area (Å²) in [7, 11) is 0. The van der Waals surface area contributed by atoms with Crippen molar-refractivity contribution in [1.82, 2.24) is 4.90 Å². The molecule has 6 rings (SSSR count). The molecule has 1 aliphatic carbocycles. The van der Waals surface area contributed by atoms with Gasteiger partial charge in [-0.1, -0.05) is 18.2 Å². The lowest BCUT2D eigenvalue weighted by molar-refractivity contribution is 0.104. The molecule has 3 heterocycles. The van der Waals surface area contributed by atoms with E-state index in [1.54, 1.807) is 6.07 Å². The quantitative estimate of drug-likeness (QED) is 0.689. The molecule has 128 valence electrons. The van der Waals surface area contributed by atoms with E-state index in [4.69, 9.17) is 0 Å². The van der Waals surface area contributed by atoms with Gasteiger partial charge in [0.25, 0.3) is 0 Å². The highest BCUT2D eigenvalue weighted by Crippen LogP contribution is 2.43. The van der Waals surface area contributed by atoms with E-state index >= 15 is 0 Å². The topological polar surface area (TPSA) is 23.6 Å². The van der Waals surface area contributed by atoms with E-state index in [1.807, 2.05) is 24.3 Å². The van der Waals surface area contributed by atoms with Gasteiger partial charge in [0.05, 0.1) is 17.0 Å². The average molecular weight is 354 g/mol. The van der Waals surface area contributed by atoms with Crippen LogP contribution >= 0.6 is 12.1 Å². The summed E-state index contributed by atoms with van der Waals surface area (Å²) in [5.41, 5.74) is 4.15. The predicted octanol–water partition coefficient (Wildman–Crippen LogP) is 4.16. The Morgan fingerprint density at radius 2 is 1.80 bits per heavy atom. The zero-order valence-corrected chi connectivity index (χ0v) is 14.7. The molecule has 4 aliphatic rings. The molecule has 0 N–H and O–H groups in total. The maximum absolute atomic E-state index is 13.2. The van der Waals surface area contributed by atoms with Gasteiger partial charge in [-0.2, -0.15) is 3.89 Å².